The van der Waals surface area contributed by atoms with Gasteiger partial charge in [0.15, 0.2) is 0 Å². The molecule has 1 saturated heterocycles. The summed E-state index contributed by atoms with van der Waals surface area (Å²) in [6.45, 7) is 3.75. The molecule has 0 aliphatic carbocycles. The highest BCUT2D eigenvalue weighted by Gasteiger charge is 2.19. The topological polar surface area (TPSA) is 35.9 Å². The second kappa shape index (κ2) is 8.37. The lowest BCUT2D eigenvalue weighted by molar-refractivity contribution is 0.191. The summed E-state index contributed by atoms with van der Waals surface area (Å²) in [5, 5.41) is 8.76. The van der Waals surface area contributed by atoms with Gasteiger partial charge in [-0.3, -0.25) is 4.90 Å². The molecule has 1 heterocycles. The minimum atomic E-state index is 0.0570. The molecule has 0 spiro atoms. The number of rotatable bonds is 6. The predicted octanol–water partition coefficient (Wildman–Crippen LogP) is 1.97. The summed E-state index contributed by atoms with van der Waals surface area (Å²) in [6, 6.07) is 8.91. The number of likely N-dealkylation sites (tertiary alicyclic amines) is 1. The Labute approximate surface area is 128 Å². The molecular weight excluding hydrogens is 264 g/mol. The lowest BCUT2D eigenvalue weighted by Gasteiger charge is -2.28. The van der Waals surface area contributed by atoms with Crippen molar-refractivity contribution in [3.05, 3.63) is 29.8 Å². The van der Waals surface area contributed by atoms with E-state index in [0.29, 0.717) is 12.6 Å². The number of hydrogen-bond donors (Lipinski definition) is 1. The van der Waals surface area contributed by atoms with E-state index in [1.165, 1.54) is 31.4 Å². The van der Waals surface area contributed by atoms with Crippen LogP contribution in [0.5, 0.6) is 5.75 Å². The first kappa shape index (κ1) is 16.3. The molecule has 1 aliphatic rings. The molecule has 1 N–H and O–H groups in total. The van der Waals surface area contributed by atoms with E-state index in [1.807, 2.05) is 12.1 Å². The summed E-state index contributed by atoms with van der Waals surface area (Å²) < 4.78 is 5.40. The van der Waals surface area contributed by atoms with Crippen molar-refractivity contribution >= 4 is 0 Å². The maximum Gasteiger partial charge on any atom is 0.119 e. The lowest BCUT2D eigenvalue weighted by atomic mass is 10.1. The number of aliphatic hydroxyl groups excluding tert-OH is 1. The molecule has 0 saturated carbocycles. The molecule has 1 aromatic rings. The van der Waals surface area contributed by atoms with Gasteiger partial charge in [-0.25, -0.2) is 0 Å². The van der Waals surface area contributed by atoms with Crippen LogP contribution >= 0.6 is 0 Å². The zero-order chi connectivity index (χ0) is 15.1. The number of nitrogens with zero attached hydrogens (tertiary/aromatic N) is 2. The fourth-order valence-electron chi connectivity index (χ4n) is 2.87. The monoisotopic (exact) mass is 292 g/mol. The van der Waals surface area contributed by atoms with Crippen molar-refractivity contribution in [2.45, 2.75) is 31.8 Å². The molecule has 0 bridgehead atoms. The van der Waals surface area contributed by atoms with Gasteiger partial charge in [0, 0.05) is 19.1 Å². The molecule has 1 atom stereocenters. The molecule has 1 aromatic carbocycles. The zero-order valence-corrected chi connectivity index (χ0v) is 13.3. The van der Waals surface area contributed by atoms with Crippen LogP contribution in [0.2, 0.25) is 0 Å². The SMILES string of the molecule is CN(C)C1CCCCN(Cc2ccc(OCCO)cc2)C1. The van der Waals surface area contributed by atoms with Gasteiger partial charge in [0.05, 0.1) is 6.61 Å². The second-order valence-electron chi connectivity index (χ2n) is 6.06. The van der Waals surface area contributed by atoms with E-state index in [1.54, 1.807) is 0 Å². The normalized spacial score (nSPS) is 20.5. The third kappa shape index (κ3) is 5.30. The van der Waals surface area contributed by atoms with E-state index < -0.39 is 0 Å². The van der Waals surface area contributed by atoms with Crippen LogP contribution < -0.4 is 4.74 Å². The van der Waals surface area contributed by atoms with Crippen LogP contribution in [0, 0.1) is 0 Å². The molecular formula is C17H28N2O2. The number of ether oxygens (including phenoxy) is 1. The van der Waals surface area contributed by atoms with Crippen LogP contribution in [-0.4, -0.2) is 61.3 Å². The minimum absolute atomic E-state index is 0.0570. The van der Waals surface area contributed by atoms with Gasteiger partial charge in [-0.2, -0.15) is 0 Å². The van der Waals surface area contributed by atoms with Gasteiger partial charge in [-0.05, 0) is 51.2 Å². The Balaban J connectivity index is 1.90. The van der Waals surface area contributed by atoms with Crippen molar-refractivity contribution in [1.82, 2.24) is 9.80 Å². The molecule has 0 amide bonds. The first-order chi connectivity index (χ1) is 10.2. The van der Waals surface area contributed by atoms with E-state index in [-0.39, 0.29) is 6.61 Å². The Kier molecular flexibility index (Phi) is 6.49. The Morgan fingerprint density at radius 2 is 2.00 bits per heavy atom. The first-order valence-electron chi connectivity index (χ1n) is 7.90. The van der Waals surface area contributed by atoms with Gasteiger partial charge < -0.3 is 14.7 Å². The number of likely N-dealkylation sites (N-methyl/N-ethyl adjacent to an activating group) is 1. The molecule has 1 fully saturated rings. The Morgan fingerprint density at radius 1 is 1.24 bits per heavy atom. The van der Waals surface area contributed by atoms with Gasteiger partial charge in [-0.1, -0.05) is 18.6 Å². The highest BCUT2D eigenvalue weighted by molar-refractivity contribution is 5.27. The van der Waals surface area contributed by atoms with Crippen molar-refractivity contribution in [3.63, 3.8) is 0 Å². The second-order valence-corrected chi connectivity index (χ2v) is 6.06. The average molecular weight is 292 g/mol. The predicted molar refractivity (Wildman–Crippen MR) is 85.6 cm³/mol. The summed E-state index contributed by atoms with van der Waals surface area (Å²) in [5.74, 6) is 0.829. The van der Waals surface area contributed by atoms with E-state index in [9.17, 15) is 0 Å². The van der Waals surface area contributed by atoms with E-state index in [2.05, 4.69) is 36.0 Å². The number of aliphatic hydroxyl groups is 1. The van der Waals surface area contributed by atoms with Crippen LogP contribution in [0.4, 0.5) is 0 Å². The summed E-state index contributed by atoms with van der Waals surface area (Å²) in [7, 11) is 4.36. The van der Waals surface area contributed by atoms with Gasteiger partial charge in [-0.15, -0.1) is 0 Å². The smallest absolute Gasteiger partial charge is 0.119 e. The molecule has 1 aliphatic heterocycles. The fraction of sp³-hybridized carbons (Fsp3) is 0.647. The molecule has 21 heavy (non-hydrogen) atoms. The van der Waals surface area contributed by atoms with Crippen molar-refractivity contribution in [2.24, 2.45) is 0 Å². The van der Waals surface area contributed by atoms with Gasteiger partial charge >= 0.3 is 0 Å². The molecule has 4 heteroatoms. The number of hydrogen-bond acceptors (Lipinski definition) is 4. The molecule has 2 rings (SSSR count). The minimum Gasteiger partial charge on any atom is -0.491 e. The van der Waals surface area contributed by atoms with Crippen molar-refractivity contribution in [1.29, 1.82) is 0 Å². The molecule has 0 aromatic heterocycles. The van der Waals surface area contributed by atoms with Gasteiger partial charge in [0.2, 0.25) is 0 Å². The van der Waals surface area contributed by atoms with E-state index >= 15 is 0 Å². The maximum atomic E-state index is 8.76. The van der Waals surface area contributed by atoms with E-state index in [4.69, 9.17) is 9.84 Å². The summed E-state index contributed by atoms with van der Waals surface area (Å²) in [4.78, 5) is 4.91. The molecule has 118 valence electrons. The summed E-state index contributed by atoms with van der Waals surface area (Å²) >= 11 is 0. The molecule has 1 unspecified atom stereocenters. The van der Waals surface area contributed by atoms with Crippen LogP contribution in [0.1, 0.15) is 24.8 Å². The zero-order valence-electron chi connectivity index (χ0n) is 13.3. The highest BCUT2D eigenvalue weighted by Crippen LogP contribution is 2.18. The lowest BCUT2D eigenvalue weighted by Crippen LogP contribution is -2.38. The van der Waals surface area contributed by atoms with Crippen molar-refractivity contribution < 1.29 is 9.84 Å². The van der Waals surface area contributed by atoms with Crippen molar-refractivity contribution in [2.75, 3.05) is 40.4 Å². The van der Waals surface area contributed by atoms with E-state index in [0.717, 1.165) is 18.8 Å². The van der Waals surface area contributed by atoms with Crippen LogP contribution in [0.15, 0.2) is 24.3 Å². The first-order valence-corrected chi connectivity index (χ1v) is 7.90. The Morgan fingerprint density at radius 3 is 2.67 bits per heavy atom. The van der Waals surface area contributed by atoms with Crippen LogP contribution in [0.25, 0.3) is 0 Å². The van der Waals surface area contributed by atoms with Crippen LogP contribution in [0.3, 0.4) is 0 Å². The third-order valence-corrected chi connectivity index (χ3v) is 4.15. The highest BCUT2D eigenvalue weighted by atomic mass is 16.5. The van der Waals surface area contributed by atoms with Crippen LogP contribution in [-0.2, 0) is 6.54 Å². The largest absolute Gasteiger partial charge is 0.491 e. The maximum absolute atomic E-state index is 8.76. The Bertz CT molecular complexity index is 406. The van der Waals surface area contributed by atoms with Crippen molar-refractivity contribution in [3.8, 4) is 5.75 Å². The Hall–Kier alpha value is -1.10. The standard InChI is InChI=1S/C17H28N2O2/c1-18(2)16-5-3-4-10-19(14-16)13-15-6-8-17(9-7-15)21-12-11-20/h6-9,16,20H,3-5,10-14H2,1-2H3. The molecule has 4 nitrogen and oxygen atoms in total. The summed E-state index contributed by atoms with van der Waals surface area (Å²) in [5.41, 5.74) is 1.32. The summed E-state index contributed by atoms with van der Waals surface area (Å²) in [6.07, 6.45) is 3.92. The average Bonchev–Trinajstić information content (AvgIpc) is 2.72. The third-order valence-electron chi connectivity index (χ3n) is 4.15. The quantitative estimate of drug-likeness (QED) is 0.869. The molecule has 0 radical (unpaired) electrons. The number of benzene rings is 1. The van der Waals surface area contributed by atoms with Gasteiger partial charge in [0.1, 0.15) is 12.4 Å². The fourth-order valence-corrected chi connectivity index (χ4v) is 2.87. The van der Waals surface area contributed by atoms with Gasteiger partial charge in [0.25, 0.3) is 0 Å².